The van der Waals surface area contributed by atoms with E-state index in [0.717, 1.165) is 16.9 Å². The minimum absolute atomic E-state index is 0.104. The van der Waals surface area contributed by atoms with Crippen molar-refractivity contribution in [1.29, 1.82) is 0 Å². The second kappa shape index (κ2) is 8.90. The summed E-state index contributed by atoms with van der Waals surface area (Å²) in [6.07, 6.45) is 1.04. The summed E-state index contributed by atoms with van der Waals surface area (Å²) in [6.45, 7) is 2.55. The molecule has 3 aromatic rings. The van der Waals surface area contributed by atoms with E-state index in [4.69, 9.17) is 4.74 Å². The number of hydrogen-bond acceptors (Lipinski definition) is 3. The Hall–Kier alpha value is -3.18. The van der Waals surface area contributed by atoms with E-state index in [1.54, 1.807) is 23.1 Å². The molecule has 1 aliphatic rings. The highest BCUT2D eigenvalue weighted by Gasteiger charge is 2.36. The van der Waals surface area contributed by atoms with Crippen molar-refractivity contribution in [3.8, 4) is 5.75 Å². The Balaban J connectivity index is 1.52. The van der Waals surface area contributed by atoms with E-state index in [-0.39, 0.29) is 24.9 Å². The summed E-state index contributed by atoms with van der Waals surface area (Å²) in [6, 6.07) is 21.9. The Morgan fingerprint density at radius 1 is 1.10 bits per heavy atom. The average molecular weight is 419 g/mol. The maximum absolute atomic E-state index is 14.1. The molecule has 3 aromatic carbocycles. The summed E-state index contributed by atoms with van der Waals surface area (Å²) in [5.74, 6) is 0.357. The Kier molecular flexibility index (Phi) is 6.05. The molecular weight excluding hydrogens is 393 g/mol. The standard InChI is InChI=1S/C26H26FNO3/c1-26(16-21-9-5-6-10-23(21)27)17-22-15-20(11-12-24(22)31-26)25(30)28(13-14-29)18-19-7-3-2-4-8-19/h2-12,15,29H,13-14,16-18H2,1H3/t26-/m0/s1. The van der Waals surface area contributed by atoms with Gasteiger partial charge in [0.1, 0.15) is 17.2 Å². The summed E-state index contributed by atoms with van der Waals surface area (Å²) >= 11 is 0. The molecule has 4 rings (SSSR count). The number of carbonyl (C=O) groups is 1. The lowest BCUT2D eigenvalue weighted by Crippen LogP contribution is -2.33. The van der Waals surface area contributed by atoms with Crippen LogP contribution in [0.5, 0.6) is 5.75 Å². The number of aliphatic hydroxyl groups excluding tert-OH is 1. The summed E-state index contributed by atoms with van der Waals surface area (Å²) in [5.41, 5.74) is 2.55. The maximum atomic E-state index is 14.1. The molecule has 0 fully saturated rings. The van der Waals surface area contributed by atoms with Gasteiger partial charge in [-0.2, -0.15) is 0 Å². The van der Waals surface area contributed by atoms with Crippen molar-refractivity contribution in [3.05, 3.63) is 101 Å². The van der Waals surface area contributed by atoms with Crippen molar-refractivity contribution < 1.29 is 19.0 Å². The maximum Gasteiger partial charge on any atom is 0.254 e. The monoisotopic (exact) mass is 419 g/mol. The van der Waals surface area contributed by atoms with Crippen LogP contribution in [0.2, 0.25) is 0 Å². The smallest absolute Gasteiger partial charge is 0.254 e. The van der Waals surface area contributed by atoms with Crippen LogP contribution in [0.3, 0.4) is 0 Å². The van der Waals surface area contributed by atoms with Crippen molar-refractivity contribution in [1.82, 2.24) is 4.90 Å². The molecule has 0 unspecified atom stereocenters. The van der Waals surface area contributed by atoms with Gasteiger partial charge < -0.3 is 14.7 Å². The van der Waals surface area contributed by atoms with Gasteiger partial charge in [0.05, 0.1) is 6.61 Å². The molecule has 1 N–H and O–H groups in total. The SMILES string of the molecule is C[C@]1(Cc2ccccc2F)Cc2cc(C(=O)N(CCO)Cc3ccccc3)ccc2O1. The molecule has 0 aliphatic carbocycles. The fourth-order valence-corrected chi connectivity index (χ4v) is 4.16. The van der Waals surface area contributed by atoms with Crippen LogP contribution < -0.4 is 4.74 Å². The lowest BCUT2D eigenvalue weighted by atomic mass is 9.91. The minimum atomic E-state index is -0.568. The molecule has 1 atom stereocenters. The lowest BCUT2D eigenvalue weighted by Gasteiger charge is -2.24. The summed E-state index contributed by atoms with van der Waals surface area (Å²) in [5, 5.41) is 9.45. The van der Waals surface area contributed by atoms with Crippen LogP contribution in [0.25, 0.3) is 0 Å². The van der Waals surface area contributed by atoms with E-state index in [1.807, 2.05) is 55.5 Å². The number of hydrogen-bond donors (Lipinski definition) is 1. The highest BCUT2D eigenvalue weighted by Crippen LogP contribution is 2.38. The molecule has 0 spiro atoms. The number of benzene rings is 3. The van der Waals surface area contributed by atoms with E-state index in [9.17, 15) is 14.3 Å². The van der Waals surface area contributed by atoms with Crippen LogP contribution >= 0.6 is 0 Å². The largest absolute Gasteiger partial charge is 0.487 e. The van der Waals surface area contributed by atoms with Crippen LogP contribution in [-0.4, -0.2) is 34.7 Å². The molecule has 1 aliphatic heterocycles. The third-order valence-corrected chi connectivity index (χ3v) is 5.62. The first-order valence-electron chi connectivity index (χ1n) is 10.5. The molecular formula is C26H26FNO3. The van der Waals surface area contributed by atoms with E-state index in [1.165, 1.54) is 6.07 Å². The van der Waals surface area contributed by atoms with Gasteiger partial charge in [-0.15, -0.1) is 0 Å². The number of fused-ring (bicyclic) bond motifs is 1. The van der Waals surface area contributed by atoms with Gasteiger partial charge in [-0.1, -0.05) is 48.5 Å². The highest BCUT2D eigenvalue weighted by molar-refractivity contribution is 5.94. The predicted octanol–water partition coefficient (Wildman–Crippen LogP) is 4.40. The molecule has 1 amide bonds. The average Bonchev–Trinajstić information content (AvgIpc) is 3.10. The number of amides is 1. The fourth-order valence-electron chi connectivity index (χ4n) is 4.16. The van der Waals surface area contributed by atoms with Crippen molar-refractivity contribution in [2.24, 2.45) is 0 Å². The number of aliphatic hydroxyl groups is 1. The van der Waals surface area contributed by atoms with Crippen molar-refractivity contribution in [3.63, 3.8) is 0 Å². The second-order valence-electron chi connectivity index (χ2n) is 8.26. The van der Waals surface area contributed by atoms with Gasteiger partial charge in [0.15, 0.2) is 0 Å². The molecule has 31 heavy (non-hydrogen) atoms. The zero-order valence-corrected chi connectivity index (χ0v) is 17.6. The molecule has 0 aromatic heterocycles. The number of rotatable bonds is 7. The van der Waals surface area contributed by atoms with Gasteiger partial charge >= 0.3 is 0 Å². The van der Waals surface area contributed by atoms with Gasteiger partial charge in [0.25, 0.3) is 5.91 Å². The number of carbonyl (C=O) groups excluding carboxylic acids is 1. The van der Waals surface area contributed by atoms with Crippen LogP contribution in [0, 0.1) is 5.82 Å². The molecule has 4 nitrogen and oxygen atoms in total. The molecule has 0 saturated carbocycles. The van der Waals surface area contributed by atoms with Crippen molar-refractivity contribution in [2.45, 2.75) is 31.9 Å². The van der Waals surface area contributed by atoms with Gasteiger partial charge in [0.2, 0.25) is 0 Å². The van der Waals surface area contributed by atoms with E-state index < -0.39 is 5.60 Å². The predicted molar refractivity (Wildman–Crippen MR) is 118 cm³/mol. The van der Waals surface area contributed by atoms with Crippen LogP contribution in [0.15, 0.2) is 72.8 Å². The Bertz CT molecular complexity index is 1070. The van der Waals surface area contributed by atoms with E-state index >= 15 is 0 Å². The zero-order valence-electron chi connectivity index (χ0n) is 17.6. The van der Waals surface area contributed by atoms with Crippen molar-refractivity contribution >= 4 is 5.91 Å². The highest BCUT2D eigenvalue weighted by atomic mass is 19.1. The topological polar surface area (TPSA) is 49.8 Å². The van der Waals surface area contributed by atoms with Crippen LogP contribution in [0.1, 0.15) is 34.0 Å². The molecule has 0 bridgehead atoms. The molecule has 0 saturated heterocycles. The number of halogens is 1. The van der Waals surface area contributed by atoms with E-state index in [0.29, 0.717) is 30.5 Å². The third kappa shape index (κ3) is 4.78. The number of nitrogens with zero attached hydrogens (tertiary/aromatic N) is 1. The van der Waals surface area contributed by atoms with Gasteiger partial charge in [-0.05, 0) is 47.9 Å². The van der Waals surface area contributed by atoms with Crippen LogP contribution in [0.4, 0.5) is 4.39 Å². The minimum Gasteiger partial charge on any atom is -0.487 e. The first kappa shape index (κ1) is 21.1. The Morgan fingerprint density at radius 2 is 1.84 bits per heavy atom. The summed E-state index contributed by atoms with van der Waals surface area (Å²) < 4.78 is 20.3. The first-order chi connectivity index (χ1) is 15.0. The summed E-state index contributed by atoms with van der Waals surface area (Å²) in [4.78, 5) is 14.8. The number of ether oxygens (including phenoxy) is 1. The lowest BCUT2D eigenvalue weighted by molar-refractivity contribution is 0.0707. The van der Waals surface area contributed by atoms with Crippen molar-refractivity contribution in [2.75, 3.05) is 13.2 Å². The quantitative estimate of drug-likeness (QED) is 0.618. The fraction of sp³-hybridized carbons (Fsp3) is 0.269. The molecule has 160 valence electrons. The second-order valence-corrected chi connectivity index (χ2v) is 8.26. The van der Waals surface area contributed by atoms with E-state index in [2.05, 4.69) is 0 Å². The molecule has 5 heteroatoms. The Labute approximate surface area is 181 Å². The van der Waals surface area contributed by atoms with Gasteiger partial charge in [-0.25, -0.2) is 4.39 Å². The van der Waals surface area contributed by atoms with Crippen LogP contribution in [-0.2, 0) is 19.4 Å². The zero-order chi connectivity index (χ0) is 21.8. The molecule has 1 heterocycles. The first-order valence-corrected chi connectivity index (χ1v) is 10.5. The molecule has 0 radical (unpaired) electrons. The van der Waals surface area contributed by atoms with Gasteiger partial charge in [-0.3, -0.25) is 4.79 Å². The van der Waals surface area contributed by atoms with Gasteiger partial charge in [0, 0.05) is 31.5 Å². The normalized spacial score (nSPS) is 17.1. The third-order valence-electron chi connectivity index (χ3n) is 5.62. The Morgan fingerprint density at radius 3 is 2.58 bits per heavy atom. The summed E-state index contributed by atoms with van der Waals surface area (Å²) in [7, 11) is 0.